The summed E-state index contributed by atoms with van der Waals surface area (Å²) in [5, 5.41) is 24.1. The molecule has 52 heavy (non-hydrogen) atoms. The molecule has 6 rings (SSSR count). The Morgan fingerprint density at radius 1 is 1.15 bits per heavy atom. The van der Waals surface area contributed by atoms with Crippen LogP contribution in [0.5, 0.6) is 0 Å². The fourth-order valence-electron chi connectivity index (χ4n) is 8.58. The van der Waals surface area contributed by atoms with E-state index in [0.29, 0.717) is 39.1 Å². The highest BCUT2D eigenvalue weighted by molar-refractivity contribution is 7.17. The van der Waals surface area contributed by atoms with Crippen molar-refractivity contribution in [3.05, 3.63) is 80.1 Å². The first kappa shape index (κ1) is 39.1. The van der Waals surface area contributed by atoms with Crippen LogP contribution in [-0.2, 0) is 28.5 Å². The topological polar surface area (TPSA) is 121 Å². The van der Waals surface area contributed by atoms with Crippen molar-refractivity contribution < 1.29 is 43.5 Å². The van der Waals surface area contributed by atoms with Crippen LogP contribution in [0, 0.1) is 23.7 Å². The normalized spacial score (nSPS) is 41.3. The lowest BCUT2D eigenvalue weighted by Crippen LogP contribution is -2.60. The molecule has 1 aromatic rings. The second-order valence-electron chi connectivity index (χ2n) is 15.9. The Kier molecular flexibility index (Phi) is 11.8. The maximum Gasteiger partial charge on any atom is 0.349 e. The molecule has 284 valence electrons. The minimum Gasteiger partial charge on any atom is -0.462 e. The maximum atomic E-state index is 14.4. The highest BCUT2D eigenvalue weighted by atomic mass is 35.5. The van der Waals surface area contributed by atoms with Crippen LogP contribution in [0.2, 0.25) is 4.34 Å². The summed E-state index contributed by atoms with van der Waals surface area (Å²) in [5.41, 5.74) is 1.44. The van der Waals surface area contributed by atoms with E-state index in [2.05, 4.69) is 45.9 Å². The molecule has 2 N–H and O–H groups in total. The first-order valence-electron chi connectivity index (χ1n) is 18.5. The summed E-state index contributed by atoms with van der Waals surface area (Å²) < 4.78 is 32.6. The monoisotopic (exact) mass is 756 g/mol. The molecule has 3 saturated heterocycles. The highest BCUT2D eigenvalue weighted by Gasteiger charge is 2.61. The molecule has 1 aliphatic carbocycles. The standard InChI is InChI=1S/C41H53ClO9S/c1-22(2)15-25(5)35-27(7)32(43)20-40(51-35)19-30-18-29(50-40)12-11-24(4)16-23(3)9-8-10-28-21-47-37-36(49-39(45)33-13-14-34(42)52-33)26(6)17-31(38(44)48-30)41(28,37)46/h8-11,13-15,17,22-23,27,29-32,35-37,43,46H,12,16,18-21H2,1-7H3/b9-8+,24-11+,25-15+,28-10+/t23-,27-,29+,30-,31-,32?,35+,36+,37+,40-,41+/m0/s1. The molecule has 5 heterocycles. The van der Waals surface area contributed by atoms with Crippen molar-refractivity contribution in [3.63, 3.8) is 0 Å². The van der Waals surface area contributed by atoms with E-state index in [1.54, 1.807) is 31.2 Å². The van der Waals surface area contributed by atoms with Crippen LogP contribution in [0.4, 0.5) is 0 Å². The molecule has 4 aliphatic heterocycles. The predicted molar refractivity (Wildman–Crippen MR) is 200 cm³/mol. The number of fused-ring (bicyclic) bond motifs is 2. The molecule has 0 saturated carbocycles. The van der Waals surface area contributed by atoms with E-state index in [9.17, 15) is 19.8 Å². The Balaban J connectivity index is 1.36. The van der Waals surface area contributed by atoms with Crippen LogP contribution in [0.3, 0.4) is 0 Å². The zero-order chi connectivity index (χ0) is 37.5. The first-order chi connectivity index (χ1) is 24.6. The molecule has 5 aliphatic rings. The van der Waals surface area contributed by atoms with Crippen molar-refractivity contribution >= 4 is 34.9 Å². The molecular weight excluding hydrogens is 704 g/mol. The number of rotatable bonds is 4. The molecule has 9 nitrogen and oxygen atoms in total. The smallest absolute Gasteiger partial charge is 0.349 e. The molecule has 1 unspecified atom stereocenters. The molecule has 2 bridgehead atoms. The summed E-state index contributed by atoms with van der Waals surface area (Å²) in [6.07, 6.45) is 10.0. The summed E-state index contributed by atoms with van der Waals surface area (Å²) in [6, 6.07) is 3.22. The second kappa shape index (κ2) is 15.7. The van der Waals surface area contributed by atoms with Crippen LogP contribution in [-0.4, -0.2) is 76.8 Å². The Labute approximate surface area is 316 Å². The summed E-state index contributed by atoms with van der Waals surface area (Å²) in [6.45, 7) is 14.3. The molecule has 11 heteroatoms. The lowest BCUT2D eigenvalue weighted by Gasteiger charge is -2.51. The number of hydrogen-bond donors (Lipinski definition) is 2. The first-order valence-corrected chi connectivity index (χ1v) is 19.7. The van der Waals surface area contributed by atoms with E-state index in [1.165, 1.54) is 5.57 Å². The zero-order valence-electron chi connectivity index (χ0n) is 31.2. The van der Waals surface area contributed by atoms with Gasteiger partial charge in [-0.05, 0) is 74.3 Å². The van der Waals surface area contributed by atoms with Gasteiger partial charge in [-0.2, -0.15) is 0 Å². The SMILES string of the molecule is CC1=C[C@H]2C(=O)O[C@H]3C[C@@H](C/C=C(\C)C[C@@H](C)/C=C/C=C4\CO[C@H]([C@@H]1OC(=O)c1ccc(Cl)s1)[C@@]42O)O[C@@]1(CC(O)[C@H](C)[C@@H](/C(C)=C/C(C)C)O1)C3. The van der Waals surface area contributed by atoms with Crippen molar-refractivity contribution in [1.29, 1.82) is 0 Å². The lowest BCUT2D eigenvalue weighted by atomic mass is 9.70. The average molecular weight is 757 g/mol. The van der Waals surface area contributed by atoms with Crippen LogP contribution in [0.1, 0.15) is 90.2 Å². The molecule has 11 atom stereocenters. The van der Waals surface area contributed by atoms with Crippen molar-refractivity contribution in [2.24, 2.45) is 23.7 Å². The average Bonchev–Trinajstić information content (AvgIpc) is 3.65. The molecule has 1 aromatic heterocycles. The molecule has 1 spiro atoms. The van der Waals surface area contributed by atoms with E-state index >= 15 is 0 Å². The number of carbonyl (C=O) groups excluding carboxylic acids is 2. The maximum absolute atomic E-state index is 14.4. The van der Waals surface area contributed by atoms with Gasteiger partial charge in [-0.1, -0.05) is 81.3 Å². The van der Waals surface area contributed by atoms with Crippen LogP contribution in [0.25, 0.3) is 0 Å². The number of allylic oxidation sites excluding steroid dienone is 5. The van der Waals surface area contributed by atoms with Gasteiger partial charge in [0, 0.05) is 25.2 Å². The van der Waals surface area contributed by atoms with Gasteiger partial charge in [-0.25, -0.2) is 4.79 Å². The van der Waals surface area contributed by atoms with Crippen LogP contribution in [0.15, 0.2) is 70.9 Å². The Hall–Kier alpha value is -2.57. The van der Waals surface area contributed by atoms with Crippen molar-refractivity contribution in [1.82, 2.24) is 0 Å². The number of aliphatic hydroxyl groups excluding tert-OH is 1. The third-order valence-corrected chi connectivity index (χ3v) is 12.3. The van der Waals surface area contributed by atoms with Gasteiger partial charge in [0.05, 0.1) is 29.3 Å². The Morgan fingerprint density at radius 3 is 2.63 bits per heavy atom. The van der Waals surface area contributed by atoms with Gasteiger partial charge >= 0.3 is 11.9 Å². The Bertz CT molecular complexity index is 1670. The molecule has 0 amide bonds. The summed E-state index contributed by atoms with van der Waals surface area (Å²) in [7, 11) is 0. The van der Waals surface area contributed by atoms with Crippen LogP contribution < -0.4 is 0 Å². The number of thiophene rings is 1. The highest BCUT2D eigenvalue weighted by Crippen LogP contribution is 2.48. The Morgan fingerprint density at radius 2 is 1.92 bits per heavy atom. The van der Waals surface area contributed by atoms with Crippen molar-refractivity contribution in [3.8, 4) is 0 Å². The number of halogens is 1. The van der Waals surface area contributed by atoms with Gasteiger partial charge in [0.25, 0.3) is 0 Å². The van der Waals surface area contributed by atoms with Gasteiger partial charge in [-0.3, -0.25) is 4.79 Å². The number of carbonyl (C=O) groups is 2. The van der Waals surface area contributed by atoms with Gasteiger partial charge in [0.15, 0.2) is 11.9 Å². The number of esters is 2. The number of aliphatic hydroxyl groups is 2. The van der Waals surface area contributed by atoms with E-state index in [0.717, 1.165) is 23.3 Å². The second-order valence-corrected chi connectivity index (χ2v) is 17.6. The van der Waals surface area contributed by atoms with Gasteiger partial charge < -0.3 is 33.9 Å². The number of hydrogen-bond acceptors (Lipinski definition) is 10. The number of ether oxygens (including phenoxy) is 5. The predicted octanol–water partition coefficient (Wildman–Crippen LogP) is 7.67. The van der Waals surface area contributed by atoms with Gasteiger partial charge in [0.1, 0.15) is 28.6 Å². The minimum atomic E-state index is -1.85. The molecule has 0 aromatic carbocycles. The van der Waals surface area contributed by atoms with E-state index in [4.69, 9.17) is 35.3 Å². The van der Waals surface area contributed by atoms with E-state index in [1.807, 2.05) is 19.9 Å². The fraction of sp³-hybridized carbons (Fsp3) is 0.610. The van der Waals surface area contributed by atoms with Gasteiger partial charge in [0.2, 0.25) is 0 Å². The third kappa shape index (κ3) is 8.09. The summed E-state index contributed by atoms with van der Waals surface area (Å²) in [4.78, 5) is 28.0. The van der Waals surface area contributed by atoms with Crippen molar-refractivity contribution in [2.75, 3.05) is 6.61 Å². The molecule has 3 fully saturated rings. The van der Waals surface area contributed by atoms with Crippen LogP contribution >= 0.6 is 22.9 Å². The van der Waals surface area contributed by atoms with E-state index < -0.39 is 53.7 Å². The largest absolute Gasteiger partial charge is 0.462 e. The minimum absolute atomic E-state index is 0.0413. The van der Waals surface area contributed by atoms with E-state index in [-0.39, 0.29) is 43.5 Å². The molecule has 0 radical (unpaired) electrons. The quantitative estimate of drug-likeness (QED) is 0.236. The summed E-state index contributed by atoms with van der Waals surface area (Å²) in [5.74, 6) is -3.19. The lowest BCUT2D eigenvalue weighted by molar-refractivity contribution is -0.342. The summed E-state index contributed by atoms with van der Waals surface area (Å²) >= 11 is 7.19. The molecular formula is C41H53ClO9S. The third-order valence-electron chi connectivity index (χ3n) is 11.1. The van der Waals surface area contributed by atoms with Crippen molar-refractivity contribution in [2.45, 2.75) is 129 Å². The van der Waals surface area contributed by atoms with Gasteiger partial charge in [-0.15, -0.1) is 11.3 Å². The fourth-order valence-corrected chi connectivity index (χ4v) is 9.51. The zero-order valence-corrected chi connectivity index (χ0v) is 32.7.